The zero-order chi connectivity index (χ0) is 9.07. The third kappa shape index (κ3) is 5.15. The van der Waals surface area contributed by atoms with Crippen LogP contribution in [0.3, 0.4) is 0 Å². The minimum Gasteiger partial charge on any atom is -0.306 e. The first kappa shape index (κ1) is 10.8. The Morgan fingerprint density at radius 1 is 1.91 bits per heavy atom. The fourth-order valence-electron chi connectivity index (χ4n) is 0.455. The van der Waals surface area contributed by atoms with Crippen molar-refractivity contribution >= 4 is 18.9 Å². The Morgan fingerprint density at radius 2 is 2.36 bits per heavy atom. The molecule has 2 nitrogen and oxygen atoms in total. The van der Waals surface area contributed by atoms with Crippen LogP contribution in [0.15, 0.2) is 12.2 Å². The Hall–Kier alpha value is -0.155. The van der Waals surface area contributed by atoms with E-state index in [-0.39, 0.29) is 17.7 Å². The van der Waals surface area contributed by atoms with E-state index >= 15 is 0 Å². The van der Waals surface area contributed by atoms with Gasteiger partial charge in [-0.3, -0.25) is 4.39 Å². The van der Waals surface area contributed by atoms with Crippen molar-refractivity contribution in [3.63, 3.8) is 0 Å². The van der Waals surface area contributed by atoms with Gasteiger partial charge >= 0.3 is 0 Å². The maximum atomic E-state index is 12.7. The van der Waals surface area contributed by atoms with Gasteiger partial charge < -0.3 is 4.55 Å². The van der Waals surface area contributed by atoms with Gasteiger partial charge in [-0.25, -0.2) is 4.21 Å². The number of hydrogen-bond donors (Lipinski definition) is 1. The van der Waals surface area contributed by atoms with Crippen LogP contribution in [0.5, 0.6) is 0 Å². The highest BCUT2D eigenvalue weighted by Crippen LogP contribution is 2.18. The van der Waals surface area contributed by atoms with E-state index in [1.54, 1.807) is 0 Å². The van der Waals surface area contributed by atoms with E-state index in [1.165, 1.54) is 0 Å². The van der Waals surface area contributed by atoms with E-state index < -0.39 is 16.6 Å². The standard InChI is InChI=1S/C6H10BFO2S/c1-5(6(2,7)8)3-4-11(9)10/h1,3-4H2,2H3,(H,9,10). The normalized spacial score (nSPS) is 18.8. The second-order valence-electron chi connectivity index (χ2n) is 2.45. The SMILES string of the molecule is [B]C(C)(F)C(=C)CCS(=O)O. The maximum Gasteiger partial charge on any atom is 0.153 e. The summed E-state index contributed by atoms with van der Waals surface area (Å²) in [5.74, 6) is -0.0183. The van der Waals surface area contributed by atoms with E-state index in [9.17, 15) is 8.60 Å². The highest BCUT2D eigenvalue weighted by atomic mass is 32.2. The number of hydrogen-bond acceptors (Lipinski definition) is 1. The molecule has 0 aliphatic rings. The molecule has 0 saturated carbocycles. The van der Waals surface area contributed by atoms with Crippen LogP contribution in [0.2, 0.25) is 0 Å². The summed E-state index contributed by atoms with van der Waals surface area (Å²) in [7, 11) is 5.02. The molecule has 0 aromatic rings. The molecular weight excluding hydrogens is 166 g/mol. The van der Waals surface area contributed by atoms with Crippen LogP contribution in [0.4, 0.5) is 4.39 Å². The molecule has 1 N–H and O–H groups in total. The third-order valence-electron chi connectivity index (χ3n) is 1.27. The average molecular weight is 176 g/mol. The largest absolute Gasteiger partial charge is 0.306 e. The smallest absolute Gasteiger partial charge is 0.153 e. The second kappa shape index (κ2) is 4.02. The third-order valence-corrected chi connectivity index (χ3v) is 1.82. The van der Waals surface area contributed by atoms with Crippen molar-refractivity contribution in [1.82, 2.24) is 0 Å². The van der Waals surface area contributed by atoms with Crippen molar-refractivity contribution in [1.29, 1.82) is 0 Å². The number of allylic oxidation sites excluding steroid dienone is 1. The lowest BCUT2D eigenvalue weighted by atomic mass is 9.79. The first-order chi connectivity index (χ1) is 4.84. The summed E-state index contributed by atoms with van der Waals surface area (Å²) in [4.78, 5) is 0. The van der Waals surface area contributed by atoms with Gasteiger partial charge in [0.2, 0.25) is 0 Å². The lowest BCUT2D eigenvalue weighted by Gasteiger charge is -2.16. The zero-order valence-electron chi connectivity index (χ0n) is 6.34. The molecule has 0 amide bonds. The second-order valence-corrected chi connectivity index (χ2v) is 3.51. The van der Waals surface area contributed by atoms with Crippen LogP contribution in [0, 0.1) is 0 Å². The summed E-state index contributed by atoms with van der Waals surface area (Å²) in [6.45, 7) is 4.51. The molecule has 2 unspecified atom stereocenters. The van der Waals surface area contributed by atoms with Crippen molar-refractivity contribution in [2.24, 2.45) is 0 Å². The average Bonchev–Trinajstić information content (AvgIpc) is 1.80. The highest BCUT2D eigenvalue weighted by Gasteiger charge is 2.19. The predicted octanol–water partition coefficient (Wildman–Crippen LogP) is 1.01. The first-order valence-corrected chi connectivity index (χ1v) is 4.35. The topological polar surface area (TPSA) is 37.3 Å². The van der Waals surface area contributed by atoms with Crippen molar-refractivity contribution in [2.45, 2.75) is 18.9 Å². The molecule has 0 fully saturated rings. The van der Waals surface area contributed by atoms with Gasteiger partial charge in [0.1, 0.15) is 7.85 Å². The highest BCUT2D eigenvalue weighted by molar-refractivity contribution is 7.79. The summed E-state index contributed by atoms with van der Waals surface area (Å²) < 4.78 is 31.2. The molecule has 0 aliphatic heterocycles. The molecule has 0 spiro atoms. The molecule has 0 aromatic carbocycles. The van der Waals surface area contributed by atoms with Gasteiger partial charge in [-0.05, 0) is 18.9 Å². The van der Waals surface area contributed by atoms with Crippen LogP contribution in [0.25, 0.3) is 0 Å². The fourth-order valence-corrected chi connectivity index (χ4v) is 0.876. The van der Waals surface area contributed by atoms with E-state index in [1.807, 2.05) is 0 Å². The summed E-state index contributed by atoms with van der Waals surface area (Å²) in [6.07, 6.45) is 0.132. The molecule has 0 aromatic heterocycles. The van der Waals surface area contributed by atoms with E-state index in [4.69, 9.17) is 12.4 Å². The number of rotatable bonds is 4. The monoisotopic (exact) mass is 176 g/mol. The molecule has 5 heteroatoms. The van der Waals surface area contributed by atoms with Gasteiger partial charge in [-0.2, -0.15) is 0 Å². The van der Waals surface area contributed by atoms with Gasteiger partial charge in [0.15, 0.2) is 11.1 Å². The molecular formula is C6H10BFO2S. The quantitative estimate of drug-likeness (QED) is 0.394. The number of alkyl halides is 1. The number of halogens is 1. The summed E-state index contributed by atoms with van der Waals surface area (Å²) in [5.41, 5.74) is -1.81. The Balaban J connectivity index is 3.80. The Bertz CT molecular complexity index is 176. The van der Waals surface area contributed by atoms with Crippen LogP contribution in [-0.2, 0) is 11.1 Å². The van der Waals surface area contributed by atoms with E-state index in [2.05, 4.69) is 6.58 Å². The molecule has 2 radical (unpaired) electrons. The van der Waals surface area contributed by atoms with Crippen molar-refractivity contribution in [2.75, 3.05) is 5.75 Å². The minimum absolute atomic E-state index is 0.0183. The zero-order valence-corrected chi connectivity index (χ0v) is 7.16. The fraction of sp³-hybridized carbons (Fsp3) is 0.667. The maximum absolute atomic E-state index is 12.7. The molecule has 62 valence electrons. The van der Waals surface area contributed by atoms with Crippen LogP contribution in [0.1, 0.15) is 13.3 Å². The molecule has 2 atom stereocenters. The summed E-state index contributed by atoms with van der Waals surface area (Å²) >= 11 is -1.90. The van der Waals surface area contributed by atoms with Gasteiger partial charge in [-0.15, -0.1) is 0 Å². The van der Waals surface area contributed by atoms with Crippen molar-refractivity contribution in [3.05, 3.63) is 12.2 Å². The lowest BCUT2D eigenvalue weighted by Crippen LogP contribution is -2.21. The Labute approximate surface area is 69.6 Å². The molecule has 0 rings (SSSR count). The van der Waals surface area contributed by atoms with Gasteiger partial charge in [0.25, 0.3) is 0 Å². The van der Waals surface area contributed by atoms with Gasteiger partial charge in [-0.1, -0.05) is 6.58 Å². The molecule has 0 aliphatic carbocycles. The lowest BCUT2D eigenvalue weighted by molar-refractivity contribution is 0.350. The molecule has 11 heavy (non-hydrogen) atoms. The Morgan fingerprint density at radius 3 is 2.64 bits per heavy atom. The van der Waals surface area contributed by atoms with Crippen LogP contribution >= 0.6 is 0 Å². The first-order valence-electron chi connectivity index (χ1n) is 3.07. The van der Waals surface area contributed by atoms with Gasteiger partial charge in [0.05, 0.1) is 11.3 Å². The van der Waals surface area contributed by atoms with E-state index in [0.717, 1.165) is 6.92 Å². The van der Waals surface area contributed by atoms with Crippen molar-refractivity contribution in [3.8, 4) is 0 Å². The summed E-state index contributed by atoms with van der Waals surface area (Å²) in [6, 6.07) is 0. The van der Waals surface area contributed by atoms with Crippen LogP contribution < -0.4 is 0 Å². The predicted molar refractivity (Wildman–Crippen MR) is 44.7 cm³/mol. The van der Waals surface area contributed by atoms with Gasteiger partial charge in [0, 0.05) is 0 Å². The molecule has 0 saturated heterocycles. The van der Waals surface area contributed by atoms with Crippen molar-refractivity contribution < 1.29 is 13.2 Å². The molecule has 0 heterocycles. The minimum atomic E-state index is -1.95. The summed E-state index contributed by atoms with van der Waals surface area (Å²) in [5, 5.41) is 0. The van der Waals surface area contributed by atoms with Crippen LogP contribution in [-0.4, -0.2) is 27.9 Å². The molecule has 0 bridgehead atoms. The Kier molecular flexibility index (Phi) is 3.96. The van der Waals surface area contributed by atoms with E-state index in [0.29, 0.717) is 0 Å².